The molecular formula is C23H17N3O5S. The minimum atomic E-state index is -3.91. The summed E-state index contributed by atoms with van der Waals surface area (Å²) in [6.45, 7) is 0. The summed E-state index contributed by atoms with van der Waals surface area (Å²) in [4.78, 5) is 12.3. The van der Waals surface area contributed by atoms with Gasteiger partial charge in [0.05, 0.1) is 10.6 Å². The van der Waals surface area contributed by atoms with Crippen LogP contribution in [0.25, 0.3) is 10.8 Å². The molecule has 4 aromatic carbocycles. The number of amides is 1. The van der Waals surface area contributed by atoms with Crippen LogP contribution in [0, 0.1) is 0 Å². The third kappa shape index (κ3) is 4.28. The first-order valence-corrected chi connectivity index (χ1v) is 10.9. The number of phenolic OH excluding ortho intramolecular Hbond substituents is 2. The second-order valence-corrected chi connectivity index (χ2v) is 8.49. The van der Waals surface area contributed by atoms with Crippen LogP contribution in [0.1, 0.15) is 10.4 Å². The first kappa shape index (κ1) is 21.0. The SMILES string of the molecule is O=C(N=Nc1cc(NS(=O)(=O)c2ccccc2)c2ccccc2c1O)c1ccc(O)cc1. The normalized spacial score (nSPS) is 11.6. The van der Waals surface area contributed by atoms with Gasteiger partial charge in [0.25, 0.3) is 15.9 Å². The molecule has 3 N–H and O–H groups in total. The lowest BCUT2D eigenvalue weighted by molar-refractivity contribution is 0.0995. The van der Waals surface area contributed by atoms with Crippen LogP contribution in [-0.4, -0.2) is 24.5 Å². The van der Waals surface area contributed by atoms with Crippen LogP contribution < -0.4 is 4.72 Å². The predicted octanol–water partition coefficient (Wildman–Crippen LogP) is 4.98. The number of carbonyl (C=O) groups excluding carboxylic acids is 1. The number of hydrogen-bond acceptors (Lipinski definition) is 6. The molecule has 4 aromatic rings. The van der Waals surface area contributed by atoms with Crippen molar-refractivity contribution in [3.8, 4) is 11.5 Å². The molecule has 32 heavy (non-hydrogen) atoms. The molecule has 0 aliphatic carbocycles. The van der Waals surface area contributed by atoms with Gasteiger partial charge in [-0.2, -0.15) is 0 Å². The summed E-state index contributed by atoms with van der Waals surface area (Å²) < 4.78 is 28.2. The van der Waals surface area contributed by atoms with Crippen LogP contribution in [0.15, 0.2) is 100 Å². The Balaban J connectivity index is 1.75. The molecule has 9 heteroatoms. The van der Waals surface area contributed by atoms with E-state index < -0.39 is 15.9 Å². The number of phenols is 2. The van der Waals surface area contributed by atoms with E-state index in [1.54, 1.807) is 42.5 Å². The zero-order valence-electron chi connectivity index (χ0n) is 16.5. The maximum absolute atomic E-state index is 12.8. The fourth-order valence-corrected chi connectivity index (χ4v) is 4.16. The van der Waals surface area contributed by atoms with Gasteiger partial charge < -0.3 is 10.2 Å². The van der Waals surface area contributed by atoms with E-state index in [-0.39, 0.29) is 33.3 Å². The molecule has 0 heterocycles. The van der Waals surface area contributed by atoms with Gasteiger partial charge in [-0.15, -0.1) is 10.2 Å². The molecule has 0 bridgehead atoms. The molecule has 0 saturated carbocycles. The second kappa shape index (κ2) is 8.48. The summed E-state index contributed by atoms with van der Waals surface area (Å²) in [5, 5.41) is 28.2. The number of rotatable bonds is 5. The summed E-state index contributed by atoms with van der Waals surface area (Å²) in [6.07, 6.45) is 0. The molecule has 160 valence electrons. The van der Waals surface area contributed by atoms with E-state index in [0.717, 1.165) is 0 Å². The molecular weight excluding hydrogens is 430 g/mol. The van der Waals surface area contributed by atoms with Crippen LogP contribution in [0.2, 0.25) is 0 Å². The molecule has 8 nitrogen and oxygen atoms in total. The standard InChI is InChI=1S/C23H17N3O5S/c27-16-12-10-15(11-13-16)23(29)25-24-21-14-20(18-8-4-5-9-19(18)22(21)28)26-32(30,31)17-6-2-1-3-7-17/h1-14,26-28H. The number of aromatic hydroxyl groups is 2. The van der Waals surface area contributed by atoms with E-state index in [4.69, 9.17) is 0 Å². The van der Waals surface area contributed by atoms with Crippen molar-refractivity contribution >= 4 is 38.1 Å². The first-order valence-electron chi connectivity index (χ1n) is 9.43. The summed E-state index contributed by atoms with van der Waals surface area (Å²) in [5.41, 5.74) is 0.284. The molecule has 0 aliphatic rings. The van der Waals surface area contributed by atoms with Gasteiger partial charge in [0.2, 0.25) is 0 Å². The van der Waals surface area contributed by atoms with E-state index in [2.05, 4.69) is 15.0 Å². The highest BCUT2D eigenvalue weighted by Gasteiger charge is 2.18. The lowest BCUT2D eigenvalue weighted by atomic mass is 10.1. The van der Waals surface area contributed by atoms with Gasteiger partial charge in [0.1, 0.15) is 11.4 Å². The lowest BCUT2D eigenvalue weighted by Crippen LogP contribution is -2.13. The molecule has 0 aromatic heterocycles. The Hall–Kier alpha value is -4.24. The van der Waals surface area contributed by atoms with Crippen molar-refractivity contribution in [1.82, 2.24) is 0 Å². The van der Waals surface area contributed by atoms with E-state index in [0.29, 0.717) is 10.8 Å². The highest BCUT2D eigenvalue weighted by atomic mass is 32.2. The van der Waals surface area contributed by atoms with Gasteiger partial charge in [-0.05, 0) is 42.5 Å². The van der Waals surface area contributed by atoms with Gasteiger partial charge >= 0.3 is 0 Å². The summed E-state index contributed by atoms with van der Waals surface area (Å²) in [5.74, 6) is -0.935. The van der Waals surface area contributed by atoms with Crippen molar-refractivity contribution in [3.05, 3.63) is 90.5 Å². The third-order valence-corrected chi connectivity index (χ3v) is 6.04. The molecule has 0 fully saturated rings. The Morgan fingerprint density at radius 2 is 1.44 bits per heavy atom. The Morgan fingerprint density at radius 3 is 2.12 bits per heavy atom. The maximum atomic E-state index is 12.8. The molecule has 0 radical (unpaired) electrons. The number of nitrogens with one attached hydrogen (secondary N) is 1. The monoisotopic (exact) mass is 447 g/mol. The van der Waals surface area contributed by atoms with Gasteiger partial charge in [-0.1, -0.05) is 42.5 Å². The maximum Gasteiger partial charge on any atom is 0.295 e. The van der Waals surface area contributed by atoms with Crippen LogP contribution in [0.3, 0.4) is 0 Å². The fourth-order valence-electron chi connectivity index (χ4n) is 3.07. The summed E-state index contributed by atoms with van der Waals surface area (Å²) in [7, 11) is -3.91. The van der Waals surface area contributed by atoms with Crippen molar-refractivity contribution in [1.29, 1.82) is 0 Å². The predicted molar refractivity (Wildman–Crippen MR) is 120 cm³/mol. The number of fused-ring (bicyclic) bond motifs is 1. The average Bonchev–Trinajstić information content (AvgIpc) is 2.81. The van der Waals surface area contributed by atoms with E-state index in [1.807, 2.05) is 0 Å². The fraction of sp³-hybridized carbons (Fsp3) is 0. The first-order chi connectivity index (χ1) is 15.3. The summed E-state index contributed by atoms with van der Waals surface area (Å²) in [6, 6.07) is 21.3. The van der Waals surface area contributed by atoms with Crippen molar-refractivity contribution < 1.29 is 23.4 Å². The van der Waals surface area contributed by atoms with Crippen LogP contribution in [-0.2, 0) is 10.0 Å². The Bertz CT molecular complexity index is 1430. The number of azo groups is 1. The van der Waals surface area contributed by atoms with E-state index >= 15 is 0 Å². The number of nitrogens with zero attached hydrogens (tertiary/aromatic N) is 2. The van der Waals surface area contributed by atoms with Gasteiger partial charge in [0.15, 0.2) is 5.75 Å². The topological polar surface area (TPSA) is 128 Å². The van der Waals surface area contributed by atoms with E-state index in [1.165, 1.54) is 42.5 Å². The number of sulfonamides is 1. The third-order valence-electron chi connectivity index (χ3n) is 4.66. The Morgan fingerprint density at radius 1 is 0.812 bits per heavy atom. The minimum absolute atomic E-state index is 0.000930. The number of anilines is 1. The van der Waals surface area contributed by atoms with Crippen LogP contribution in [0.4, 0.5) is 11.4 Å². The Labute approximate surface area is 183 Å². The lowest BCUT2D eigenvalue weighted by Gasteiger charge is -2.13. The quantitative estimate of drug-likeness (QED) is 0.294. The molecule has 0 saturated heterocycles. The molecule has 0 spiro atoms. The van der Waals surface area contributed by atoms with Gasteiger partial charge in [-0.3, -0.25) is 9.52 Å². The summed E-state index contributed by atoms with van der Waals surface area (Å²) >= 11 is 0. The number of benzene rings is 4. The average molecular weight is 447 g/mol. The second-order valence-electron chi connectivity index (χ2n) is 6.81. The van der Waals surface area contributed by atoms with E-state index in [9.17, 15) is 23.4 Å². The molecule has 0 unspecified atom stereocenters. The molecule has 0 atom stereocenters. The zero-order chi connectivity index (χ0) is 22.7. The molecule has 4 rings (SSSR count). The highest BCUT2D eigenvalue weighted by molar-refractivity contribution is 7.92. The number of hydrogen-bond donors (Lipinski definition) is 3. The van der Waals surface area contributed by atoms with Crippen LogP contribution in [0.5, 0.6) is 11.5 Å². The largest absolute Gasteiger partial charge is 0.508 e. The van der Waals surface area contributed by atoms with Crippen LogP contribution >= 0.6 is 0 Å². The van der Waals surface area contributed by atoms with Gasteiger partial charge in [0, 0.05) is 16.3 Å². The smallest absolute Gasteiger partial charge is 0.295 e. The van der Waals surface area contributed by atoms with Gasteiger partial charge in [-0.25, -0.2) is 8.42 Å². The molecule has 0 aliphatic heterocycles. The highest BCUT2D eigenvalue weighted by Crippen LogP contribution is 2.40. The molecule has 1 amide bonds. The van der Waals surface area contributed by atoms with Crippen molar-refractivity contribution in [2.75, 3.05) is 4.72 Å². The van der Waals surface area contributed by atoms with Crippen molar-refractivity contribution in [3.63, 3.8) is 0 Å². The minimum Gasteiger partial charge on any atom is -0.508 e. The Kier molecular flexibility index (Phi) is 5.57. The van der Waals surface area contributed by atoms with Crippen molar-refractivity contribution in [2.45, 2.75) is 4.90 Å². The van der Waals surface area contributed by atoms with Crippen molar-refractivity contribution in [2.24, 2.45) is 10.2 Å². The zero-order valence-corrected chi connectivity index (χ0v) is 17.3. The number of carbonyl (C=O) groups is 1.